The molecule has 2 rings (SSSR count). The lowest BCUT2D eigenvalue weighted by Gasteiger charge is -2.04. The average molecular weight is 341 g/mol. The summed E-state index contributed by atoms with van der Waals surface area (Å²) in [5.41, 5.74) is 1.50. The van der Waals surface area contributed by atoms with E-state index in [4.69, 9.17) is 4.74 Å². The van der Waals surface area contributed by atoms with Crippen LogP contribution < -0.4 is 10.1 Å². The van der Waals surface area contributed by atoms with E-state index in [1.165, 1.54) is 11.3 Å². The van der Waals surface area contributed by atoms with E-state index in [9.17, 15) is 9.59 Å². The first-order valence-electron chi connectivity index (χ1n) is 7.67. The standard InChI is InChI=1S/C19H19NO3S/c1-4-6-18(21)20-19(22)16-12-17(24-13(16)3)14-7-9-15(10-8-14)23-11-5-2/h7-10,12H,5,11H2,1-3H3,(H,20,21,22). The van der Waals surface area contributed by atoms with E-state index >= 15 is 0 Å². The largest absolute Gasteiger partial charge is 0.494 e. The maximum Gasteiger partial charge on any atom is 0.302 e. The van der Waals surface area contributed by atoms with Gasteiger partial charge in [-0.25, -0.2) is 0 Å². The van der Waals surface area contributed by atoms with Crippen molar-refractivity contribution >= 4 is 23.2 Å². The molecule has 24 heavy (non-hydrogen) atoms. The summed E-state index contributed by atoms with van der Waals surface area (Å²) in [5, 5.41) is 2.27. The molecule has 2 amide bonds. The minimum atomic E-state index is -0.591. The zero-order valence-corrected chi connectivity index (χ0v) is 14.8. The fraction of sp³-hybridized carbons (Fsp3) is 0.263. The number of ether oxygens (including phenoxy) is 1. The zero-order chi connectivity index (χ0) is 17.5. The number of carbonyl (C=O) groups excluding carboxylic acids is 2. The molecule has 124 valence electrons. The number of amides is 2. The van der Waals surface area contributed by atoms with E-state index in [0.717, 1.165) is 27.5 Å². The van der Waals surface area contributed by atoms with Crippen LogP contribution in [0.1, 0.15) is 35.5 Å². The Hall–Kier alpha value is -2.58. The van der Waals surface area contributed by atoms with Gasteiger partial charge in [0.1, 0.15) is 5.75 Å². The highest BCUT2D eigenvalue weighted by atomic mass is 32.1. The topological polar surface area (TPSA) is 55.4 Å². The smallest absolute Gasteiger partial charge is 0.302 e. The Morgan fingerprint density at radius 1 is 1.25 bits per heavy atom. The van der Waals surface area contributed by atoms with Crippen molar-refractivity contribution in [2.45, 2.75) is 27.2 Å². The number of rotatable bonds is 5. The van der Waals surface area contributed by atoms with Crippen molar-refractivity contribution in [3.8, 4) is 28.0 Å². The van der Waals surface area contributed by atoms with E-state index in [1.807, 2.05) is 31.2 Å². The predicted molar refractivity (Wildman–Crippen MR) is 96.2 cm³/mol. The molecule has 0 saturated heterocycles. The fourth-order valence-electron chi connectivity index (χ4n) is 2.10. The van der Waals surface area contributed by atoms with Crippen LogP contribution in [0.2, 0.25) is 0 Å². The number of aryl methyl sites for hydroxylation is 1. The van der Waals surface area contributed by atoms with Gasteiger partial charge in [0.2, 0.25) is 0 Å². The normalized spacial score (nSPS) is 9.79. The quantitative estimate of drug-likeness (QED) is 0.842. The van der Waals surface area contributed by atoms with Gasteiger partial charge < -0.3 is 4.74 Å². The Morgan fingerprint density at radius 3 is 2.58 bits per heavy atom. The second-order valence-electron chi connectivity index (χ2n) is 5.11. The van der Waals surface area contributed by atoms with Crippen LogP contribution in [-0.2, 0) is 4.79 Å². The molecule has 0 atom stereocenters. The second-order valence-corrected chi connectivity index (χ2v) is 6.37. The van der Waals surface area contributed by atoms with Gasteiger partial charge in [0, 0.05) is 9.75 Å². The summed E-state index contributed by atoms with van der Waals surface area (Å²) in [6.07, 6.45) is 0.964. The number of hydrogen-bond donors (Lipinski definition) is 1. The minimum absolute atomic E-state index is 0.425. The van der Waals surface area contributed by atoms with Crippen LogP contribution in [-0.4, -0.2) is 18.4 Å². The Morgan fingerprint density at radius 2 is 1.96 bits per heavy atom. The van der Waals surface area contributed by atoms with Crippen molar-refractivity contribution in [1.82, 2.24) is 5.32 Å². The molecular weight excluding hydrogens is 322 g/mol. The molecule has 1 aromatic carbocycles. The van der Waals surface area contributed by atoms with Gasteiger partial charge in [0.25, 0.3) is 5.91 Å². The van der Waals surface area contributed by atoms with Gasteiger partial charge in [-0.2, -0.15) is 0 Å². The highest BCUT2D eigenvalue weighted by Gasteiger charge is 2.16. The van der Waals surface area contributed by atoms with E-state index in [0.29, 0.717) is 12.2 Å². The second kappa shape index (κ2) is 8.32. The molecule has 1 heterocycles. The van der Waals surface area contributed by atoms with Gasteiger partial charge in [-0.3, -0.25) is 14.9 Å². The fourth-order valence-corrected chi connectivity index (χ4v) is 3.12. The molecule has 0 saturated carbocycles. The third kappa shape index (κ3) is 4.46. The maximum absolute atomic E-state index is 12.2. The molecule has 2 aromatic rings. The van der Waals surface area contributed by atoms with E-state index < -0.39 is 11.8 Å². The molecule has 0 fully saturated rings. The number of imide groups is 1. The summed E-state index contributed by atoms with van der Waals surface area (Å²) in [6.45, 7) is 6.16. The Balaban J connectivity index is 2.16. The number of hydrogen-bond acceptors (Lipinski definition) is 4. The SMILES string of the molecule is CC#CC(=O)NC(=O)c1cc(-c2ccc(OCCC)cc2)sc1C. The summed E-state index contributed by atoms with van der Waals surface area (Å²) in [5.74, 6) is 4.58. The van der Waals surface area contributed by atoms with Gasteiger partial charge in [-0.05, 0) is 62.1 Å². The number of nitrogens with one attached hydrogen (secondary N) is 1. The molecule has 1 N–H and O–H groups in total. The van der Waals surface area contributed by atoms with E-state index in [2.05, 4.69) is 24.1 Å². The first kappa shape index (κ1) is 17.8. The van der Waals surface area contributed by atoms with Gasteiger partial charge in [-0.15, -0.1) is 11.3 Å². The van der Waals surface area contributed by atoms with Crippen molar-refractivity contribution in [2.75, 3.05) is 6.61 Å². The van der Waals surface area contributed by atoms with Crippen LogP contribution >= 0.6 is 11.3 Å². The van der Waals surface area contributed by atoms with Crippen LogP contribution in [0.4, 0.5) is 0 Å². The van der Waals surface area contributed by atoms with Crippen molar-refractivity contribution < 1.29 is 14.3 Å². The highest BCUT2D eigenvalue weighted by molar-refractivity contribution is 7.15. The van der Waals surface area contributed by atoms with Crippen LogP contribution in [0.3, 0.4) is 0 Å². The van der Waals surface area contributed by atoms with E-state index in [-0.39, 0.29) is 0 Å². The van der Waals surface area contributed by atoms with Gasteiger partial charge in [-0.1, -0.05) is 12.8 Å². The molecule has 0 spiro atoms. The van der Waals surface area contributed by atoms with Crippen LogP contribution in [0.5, 0.6) is 5.75 Å². The van der Waals surface area contributed by atoms with Crippen molar-refractivity contribution in [3.05, 3.63) is 40.8 Å². The molecule has 0 bridgehead atoms. The van der Waals surface area contributed by atoms with Gasteiger partial charge in [0.05, 0.1) is 12.2 Å². The average Bonchev–Trinajstić information content (AvgIpc) is 2.95. The lowest BCUT2D eigenvalue weighted by Crippen LogP contribution is -2.29. The summed E-state index contributed by atoms with van der Waals surface area (Å²) in [7, 11) is 0. The molecule has 0 radical (unpaired) electrons. The minimum Gasteiger partial charge on any atom is -0.494 e. The van der Waals surface area contributed by atoms with Crippen molar-refractivity contribution in [2.24, 2.45) is 0 Å². The molecule has 1 aromatic heterocycles. The lowest BCUT2D eigenvalue weighted by atomic mass is 10.1. The van der Waals surface area contributed by atoms with Crippen molar-refractivity contribution in [1.29, 1.82) is 0 Å². The Bertz CT molecular complexity index is 794. The van der Waals surface area contributed by atoms with Gasteiger partial charge in [0.15, 0.2) is 0 Å². The molecular formula is C19H19NO3S. The van der Waals surface area contributed by atoms with Crippen molar-refractivity contribution in [3.63, 3.8) is 0 Å². The molecule has 0 unspecified atom stereocenters. The molecule has 0 aliphatic carbocycles. The first-order chi connectivity index (χ1) is 11.5. The summed E-state index contributed by atoms with van der Waals surface area (Å²) in [4.78, 5) is 25.4. The van der Waals surface area contributed by atoms with Crippen LogP contribution in [0.25, 0.3) is 10.4 Å². The highest BCUT2D eigenvalue weighted by Crippen LogP contribution is 2.32. The lowest BCUT2D eigenvalue weighted by molar-refractivity contribution is -0.114. The third-order valence-electron chi connectivity index (χ3n) is 3.24. The number of carbonyl (C=O) groups is 2. The molecule has 5 heteroatoms. The Kier molecular flexibility index (Phi) is 6.16. The first-order valence-corrected chi connectivity index (χ1v) is 8.48. The van der Waals surface area contributed by atoms with Crippen LogP contribution in [0, 0.1) is 18.8 Å². The monoisotopic (exact) mass is 341 g/mol. The maximum atomic E-state index is 12.2. The molecule has 4 nitrogen and oxygen atoms in total. The number of benzene rings is 1. The zero-order valence-electron chi connectivity index (χ0n) is 13.9. The van der Waals surface area contributed by atoms with Crippen LogP contribution in [0.15, 0.2) is 30.3 Å². The molecule has 0 aliphatic rings. The summed E-state index contributed by atoms with van der Waals surface area (Å²) in [6, 6.07) is 9.56. The summed E-state index contributed by atoms with van der Waals surface area (Å²) < 4.78 is 5.57. The predicted octanol–water partition coefficient (Wildman–Crippen LogP) is 3.79. The Labute approximate surface area is 145 Å². The van der Waals surface area contributed by atoms with E-state index in [1.54, 1.807) is 13.0 Å². The number of thiophene rings is 1. The molecule has 0 aliphatic heterocycles. The van der Waals surface area contributed by atoms with Gasteiger partial charge >= 0.3 is 5.91 Å². The summed E-state index contributed by atoms with van der Waals surface area (Å²) >= 11 is 1.51. The third-order valence-corrected chi connectivity index (χ3v) is 4.34.